The Kier molecular flexibility index (Phi) is 5.62. The minimum atomic E-state index is 0.112. The lowest BCUT2D eigenvalue weighted by atomic mass is 10.1. The summed E-state index contributed by atoms with van der Waals surface area (Å²) in [6.07, 6.45) is 2.45. The van der Waals surface area contributed by atoms with Crippen LogP contribution in [0.25, 0.3) is 0 Å². The third-order valence-electron chi connectivity index (χ3n) is 4.25. The van der Waals surface area contributed by atoms with E-state index in [1.54, 1.807) is 0 Å². The monoisotopic (exact) mass is 289 g/mol. The van der Waals surface area contributed by atoms with E-state index in [4.69, 9.17) is 0 Å². The van der Waals surface area contributed by atoms with E-state index >= 15 is 0 Å². The first-order valence-electron chi connectivity index (χ1n) is 7.99. The van der Waals surface area contributed by atoms with Crippen LogP contribution in [0.4, 0.5) is 5.69 Å². The van der Waals surface area contributed by atoms with Crippen molar-refractivity contribution in [1.29, 1.82) is 0 Å². The van der Waals surface area contributed by atoms with Crippen molar-refractivity contribution in [2.24, 2.45) is 0 Å². The number of carbonyl (C=O) groups excluding carboxylic acids is 1. The van der Waals surface area contributed by atoms with Crippen LogP contribution in [0.3, 0.4) is 0 Å². The summed E-state index contributed by atoms with van der Waals surface area (Å²) in [6, 6.07) is 8.27. The van der Waals surface area contributed by atoms with Gasteiger partial charge in [-0.05, 0) is 57.1 Å². The summed E-state index contributed by atoms with van der Waals surface area (Å²) in [6.45, 7) is 8.21. The summed E-state index contributed by atoms with van der Waals surface area (Å²) < 4.78 is 0. The molecule has 1 aromatic rings. The molecule has 2 rings (SSSR count). The number of likely N-dealkylation sites (N-methyl/N-ethyl adjacent to an activating group) is 2. The van der Waals surface area contributed by atoms with Crippen molar-refractivity contribution in [3.63, 3.8) is 0 Å². The van der Waals surface area contributed by atoms with Crippen LogP contribution in [0, 0.1) is 0 Å². The van der Waals surface area contributed by atoms with Crippen LogP contribution >= 0.6 is 0 Å². The topological polar surface area (TPSA) is 35.6 Å². The quantitative estimate of drug-likeness (QED) is 0.874. The molecule has 1 N–H and O–H groups in total. The van der Waals surface area contributed by atoms with Crippen molar-refractivity contribution < 1.29 is 4.79 Å². The molecule has 0 aromatic heterocycles. The Hall–Kier alpha value is -1.55. The van der Waals surface area contributed by atoms with Crippen molar-refractivity contribution in [3.05, 3.63) is 29.8 Å². The summed E-state index contributed by atoms with van der Waals surface area (Å²) in [5.74, 6) is 0.112. The standard InChI is InChI=1S/C17H27N3O/c1-4-18-15-10-8-14(9-11-15)17(21)19(3)13-16-7-6-12-20(16)5-2/h8-11,16,18H,4-7,12-13H2,1-3H3. The van der Waals surface area contributed by atoms with E-state index < -0.39 is 0 Å². The lowest BCUT2D eigenvalue weighted by Gasteiger charge is -2.27. The van der Waals surface area contributed by atoms with Crippen LogP contribution in [0.2, 0.25) is 0 Å². The number of hydrogen-bond acceptors (Lipinski definition) is 3. The molecule has 0 spiro atoms. The SMILES string of the molecule is CCNc1ccc(C(=O)N(C)CC2CCCN2CC)cc1. The zero-order chi connectivity index (χ0) is 15.2. The molecule has 1 heterocycles. The van der Waals surface area contributed by atoms with Gasteiger partial charge in [-0.2, -0.15) is 0 Å². The van der Waals surface area contributed by atoms with Crippen molar-refractivity contribution in [2.75, 3.05) is 38.5 Å². The van der Waals surface area contributed by atoms with Gasteiger partial charge < -0.3 is 10.2 Å². The first-order valence-corrected chi connectivity index (χ1v) is 7.99. The first kappa shape index (κ1) is 15.8. The normalized spacial score (nSPS) is 18.7. The van der Waals surface area contributed by atoms with Crippen LogP contribution in [-0.4, -0.2) is 55.0 Å². The largest absolute Gasteiger partial charge is 0.385 e. The van der Waals surface area contributed by atoms with E-state index in [2.05, 4.69) is 24.1 Å². The number of rotatable bonds is 6. The molecule has 0 saturated carbocycles. The summed E-state index contributed by atoms with van der Waals surface area (Å²) in [4.78, 5) is 16.8. The first-order chi connectivity index (χ1) is 10.2. The van der Waals surface area contributed by atoms with E-state index in [1.807, 2.05) is 36.2 Å². The second kappa shape index (κ2) is 7.46. The highest BCUT2D eigenvalue weighted by molar-refractivity contribution is 5.94. The van der Waals surface area contributed by atoms with Gasteiger partial charge >= 0.3 is 0 Å². The molecule has 116 valence electrons. The van der Waals surface area contributed by atoms with Gasteiger partial charge in [0.2, 0.25) is 0 Å². The zero-order valence-electron chi connectivity index (χ0n) is 13.4. The van der Waals surface area contributed by atoms with Gasteiger partial charge in [-0.3, -0.25) is 9.69 Å². The third kappa shape index (κ3) is 3.97. The maximum Gasteiger partial charge on any atom is 0.253 e. The van der Waals surface area contributed by atoms with Gasteiger partial charge in [0.05, 0.1) is 0 Å². The molecule has 0 radical (unpaired) electrons. The van der Waals surface area contributed by atoms with E-state index in [0.29, 0.717) is 6.04 Å². The number of anilines is 1. The second-order valence-electron chi connectivity index (χ2n) is 5.72. The molecule has 1 amide bonds. The number of nitrogens with one attached hydrogen (secondary N) is 1. The predicted molar refractivity (Wildman–Crippen MR) is 87.8 cm³/mol. The Morgan fingerprint density at radius 2 is 2.05 bits per heavy atom. The number of carbonyl (C=O) groups is 1. The average Bonchev–Trinajstić information content (AvgIpc) is 2.94. The molecule has 1 aromatic carbocycles. The second-order valence-corrected chi connectivity index (χ2v) is 5.72. The van der Waals surface area contributed by atoms with Gasteiger partial charge in [0, 0.05) is 37.4 Å². The van der Waals surface area contributed by atoms with Crippen LogP contribution in [0.15, 0.2) is 24.3 Å². The molecular formula is C17H27N3O. The minimum absolute atomic E-state index is 0.112. The van der Waals surface area contributed by atoms with E-state index in [1.165, 1.54) is 19.4 Å². The Labute approximate surface area is 128 Å². The molecular weight excluding hydrogens is 262 g/mol. The Morgan fingerprint density at radius 1 is 1.33 bits per heavy atom. The number of amides is 1. The number of benzene rings is 1. The van der Waals surface area contributed by atoms with Crippen LogP contribution < -0.4 is 5.32 Å². The summed E-state index contributed by atoms with van der Waals surface area (Å²) >= 11 is 0. The van der Waals surface area contributed by atoms with Gasteiger partial charge in [0.25, 0.3) is 5.91 Å². The Bertz CT molecular complexity index is 458. The number of hydrogen-bond donors (Lipinski definition) is 1. The van der Waals surface area contributed by atoms with Crippen LogP contribution in [-0.2, 0) is 0 Å². The van der Waals surface area contributed by atoms with E-state index in [9.17, 15) is 4.79 Å². The summed E-state index contributed by atoms with van der Waals surface area (Å²) in [7, 11) is 1.91. The smallest absolute Gasteiger partial charge is 0.253 e. The molecule has 1 saturated heterocycles. The lowest BCUT2D eigenvalue weighted by Crippen LogP contribution is -2.41. The van der Waals surface area contributed by atoms with Gasteiger partial charge in [-0.15, -0.1) is 0 Å². The third-order valence-corrected chi connectivity index (χ3v) is 4.25. The molecule has 4 nitrogen and oxygen atoms in total. The Morgan fingerprint density at radius 3 is 2.67 bits per heavy atom. The zero-order valence-corrected chi connectivity index (χ0v) is 13.4. The predicted octanol–water partition coefficient (Wildman–Crippen LogP) is 2.67. The fourth-order valence-corrected chi connectivity index (χ4v) is 3.07. The number of likely N-dealkylation sites (tertiary alicyclic amines) is 1. The molecule has 1 aliphatic heterocycles. The van der Waals surface area contributed by atoms with E-state index in [0.717, 1.165) is 30.9 Å². The van der Waals surface area contributed by atoms with Crippen LogP contribution in [0.5, 0.6) is 0 Å². The van der Waals surface area contributed by atoms with Gasteiger partial charge in [0.15, 0.2) is 0 Å². The highest BCUT2D eigenvalue weighted by Crippen LogP contribution is 2.18. The fourth-order valence-electron chi connectivity index (χ4n) is 3.07. The molecule has 1 fully saturated rings. The molecule has 4 heteroatoms. The minimum Gasteiger partial charge on any atom is -0.385 e. The van der Waals surface area contributed by atoms with Gasteiger partial charge in [-0.1, -0.05) is 6.92 Å². The summed E-state index contributed by atoms with van der Waals surface area (Å²) in [5.41, 5.74) is 1.82. The molecule has 0 bridgehead atoms. The van der Waals surface area contributed by atoms with E-state index in [-0.39, 0.29) is 5.91 Å². The maximum atomic E-state index is 12.5. The average molecular weight is 289 g/mol. The maximum absolute atomic E-state index is 12.5. The van der Waals surface area contributed by atoms with Crippen molar-refractivity contribution in [3.8, 4) is 0 Å². The van der Waals surface area contributed by atoms with Crippen molar-refractivity contribution >= 4 is 11.6 Å². The Balaban J connectivity index is 1.95. The van der Waals surface area contributed by atoms with Gasteiger partial charge in [-0.25, -0.2) is 0 Å². The molecule has 1 atom stereocenters. The molecule has 21 heavy (non-hydrogen) atoms. The van der Waals surface area contributed by atoms with Gasteiger partial charge in [0.1, 0.15) is 0 Å². The lowest BCUT2D eigenvalue weighted by molar-refractivity contribution is 0.0754. The number of nitrogens with zero attached hydrogens (tertiary/aromatic N) is 2. The highest BCUT2D eigenvalue weighted by atomic mass is 16.2. The molecule has 0 aliphatic carbocycles. The van der Waals surface area contributed by atoms with Crippen molar-refractivity contribution in [2.45, 2.75) is 32.7 Å². The fraction of sp³-hybridized carbons (Fsp3) is 0.588. The van der Waals surface area contributed by atoms with Crippen LogP contribution in [0.1, 0.15) is 37.0 Å². The molecule has 1 aliphatic rings. The summed E-state index contributed by atoms with van der Waals surface area (Å²) in [5, 5.41) is 3.24. The van der Waals surface area contributed by atoms with Crippen molar-refractivity contribution in [1.82, 2.24) is 9.80 Å². The highest BCUT2D eigenvalue weighted by Gasteiger charge is 2.25. The molecule has 1 unspecified atom stereocenters.